The second-order valence-corrected chi connectivity index (χ2v) is 16.2. The highest BCUT2D eigenvalue weighted by molar-refractivity contribution is 8.00. The van der Waals surface area contributed by atoms with Gasteiger partial charge in [0.2, 0.25) is 5.91 Å². The number of aromatic nitrogens is 6. The number of ether oxygens (including phenoxy) is 6. The molecule has 3 fully saturated rings. The van der Waals surface area contributed by atoms with E-state index in [0.717, 1.165) is 9.13 Å². The molecule has 3 aliphatic heterocycles. The summed E-state index contributed by atoms with van der Waals surface area (Å²) in [6.45, 7) is 1.60. The maximum Gasteiger partial charge on any atom is 0.351 e. The van der Waals surface area contributed by atoms with Gasteiger partial charge in [-0.15, -0.1) is 11.8 Å². The number of azide groups is 1. The first-order valence-corrected chi connectivity index (χ1v) is 21.1. The van der Waals surface area contributed by atoms with E-state index >= 15 is 0 Å². The lowest BCUT2D eigenvalue weighted by atomic mass is 10.1. The van der Waals surface area contributed by atoms with Crippen LogP contribution in [-0.4, -0.2) is 114 Å². The Morgan fingerprint density at radius 1 is 0.892 bits per heavy atom. The van der Waals surface area contributed by atoms with Crippen molar-refractivity contribution in [2.75, 3.05) is 31.3 Å². The molecule has 65 heavy (non-hydrogen) atoms. The lowest BCUT2D eigenvalue weighted by Crippen LogP contribution is -2.43. The van der Waals surface area contributed by atoms with Gasteiger partial charge in [-0.05, 0) is 31.9 Å². The van der Waals surface area contributed by atoms with Gasteiger partial charge in [0, 0.05) is 66.1 Å². The fourth-order valence-electron chi connectivity index (χ4n) is 6.89. The molecule has 3 aromatic rings. The van der Waals surface area contributed by atoms with E-state index in [9.17, 15) is 47.5 Å². The van der Waals surface area contributed by atoms with Crippen LogP contribution < -0.4 is 39.2 Å². The molecule has 0 aromatic carbocycles. The predicted molar refractivity (Wildman–Crippen MR) is 220 cm³/mol. The van der Waals surface area contributed by atoms with Crippen molar-refractivity contribution in [3.05, 3.63) is 98.4 Å². The number of aromatic amines is 2. The van der Waals surface area contributed by atoms with Crippen LogP contribution in [0.3, 0.4) is 0 Å². The third kappa shape index (κ3) is 12.4. The first kappa shape index (κ1) is 47.9. The quantitative estimate of drug-likeness (QED) is 0.0407. The van der Waals surface area contributed by atoms with Crippen LogP contribution in [0.2, 0.25) is 0 Å². The summed E-state index contributed by atoms with van der Waals surface area (Å²) >= 11 is 1.22. The average molecular weight is 934 g/mol. The lowest BCUT2D eigenvalue weighted by molar-refractivity contribution is -0.153. The van der Waals surface area contributed by atoms with E-state index in [1.165, 1.54) is 54.8 Å². The number of nitrogen functional groups attached to an aromatic ring is 1. The molecule has 3 aromatic heterocycles. The molecule has 0 unspecified atom stereocenters. The standard InChI is InChI=1S/C37H44FN11O15S/c1-17-11-48(36(57)43-32(17)53)26-9-19(38)22(62-26)13-59-30(52)6-4-25(50)41-20(34(55)61-15-31-64-28(16-65-31)47-8-7-24(39)42-35(47)56)3-5-29(51)60-14-23-21(45-46-40)10-27(63-23)49-12-18(2)33(54)44-37(49)58/h7-8,11-12,19-23,26-28,31H,3-6,9-10,13-16H2,1-2H3,(H,41,50)(H2,39,42,56)(H,43,53,57)(H,44,54,58)/t19-,20-,21-,22+,23+,26+,27+,28-,31+/m0/s1. The molecule has 0 bridgehead atoms. The molecule has 6 heterocycles. The lowest BCUT2D eigenvalue weighted by Gasteiger charge is -2.20. The third-order valence-corrected chi connectivity index (χ3v) is 11.5. The largest absolute Gasteiger partial charge is 0.463 e. The van der Waals surface area contributed by atoms with Gasteiger partial charge in [-0.3, -0.25) is 47.6 Å². The van der Waals surface area contributed by atoms with E-state index in [1.807, 2.05) is 0 Å². The van der Waals surface area contributed by atoms with Gasteiger partial charge >= 0.3 is 35.0 Å². The molecule has 0 spiro atoms. The topological polar surface area (TPSA) is 355 Å². The Labute approximate surface area is 368 Å². The number of alkyl halides is 1. The number of nitrogens with two attached hydrogens (primary N) is 1. The zero-order valence-electron chi connectivity index (χ0n) is 34.7. The number of aryl methyl sites for hydroxylation is 2. The van der Waals surface area contributed by atoms with Gasteiger partial charge < -0.3 is 39.5 Å². The normalized spacial score (nSPS) is 24.2. The summed E-state index contributed by atoms with van der Waals surface area (Å²) in [5.41, 5.74) is 10.9. The molecule has 26 nitrogen and oxygen atoms in total. The number of hydrogen-bond acceptors (Lipinski definition) is 19. The van der Waals surface area contributed by atoms with Crippen LogP contribution in [0.4, 0.5) is 10.2 Å². The molecule has 28 heteroatoms. The molecule has 3 aliphatic rings. The number of H-pyrrole nitrogens is 2. The Kier molecular flexibility index (Phi) is 15.7. The van der Waals surface area contributed by atoms with Crippen LogP contribution >= 0.6 is 11.8 Å². The molecule has 0 saturated carbocycles. The zero-order chi connectivity index (χ0) is 46.9. The van der Waals surface area contributed by atoms with Gasteiger partial charge in [0.15, 0.2) is 0 Å². The number of nitrogens with zero attached hydrogens (tertiary/aromatic N) is 7. The molecular weight excluding hydrogens is 890 g/mol. The number of nitrogens with one attached hydrogen (secondary N) is 3. The van der Waals surface area contributed by atoms with E-state index in [0.29, 0.717) is 0 Å². The number of carbonyl (C=O) groups is 4. The van der Waals surface area contributed by atoms with Gasteiger partial charge in [0.05, 0.1) is 12.5 Å². The summed E-state index contributed by atoms with van der Waals surface area (Å²) in [7, 11) is 0. The number of anilines is 1. The summed E-state index contributed by atoms with van der Waals surface area (Å²) in [4.78, 5) is 123. The molecular formula is C37H44FN11O15S. The third-order valence-electron chi connectivity index (χ3n) is 10.4. The molecule has 1 amide bonds. The zero-order valence-corrected chi connectivity index (χ0v) is 35.5. The number of rotatable bonds is 18. The molecule has 6 rings (SSSR count). The number of hydrogen-bond donors (Lipinski definition) is 4. The van der Waals surface area contributed by atoms with Gasteiger partial charge in [-0.25, -0.2) is 23.6 Å². The van der Waals surface area contributed by atoms with Crippen molar-refractivity contribution < 1.29 is 52.0 Å². The fourth-order valence-corrected chi connectivity index (χ4v) is 7.88. The molecule has 9 atom stereocenters. The van der Waals surface area contributed by atoms with Crippen molar-refractivity contribution in [2.45, 2.75) is 107 Å². The molecule has 0 radical (unpaired) electrons. The minimum atomic E-state index is -1.64. The maximum absolute atomic E-state index is 14.8. The average Bonchev–Trinajstić information content (AvgIpc) is 4.00. The first-order valence-electron chi connectivity index (χ1n) is 20.0. The number of halogens is 1. The second kappa shape index (κ2) is 21.4. The van der Waals surface area contributed by atoms with Crippen molar-refractivity contribution in [2.24, 2.45) is 5.11 Å². The summed E-state index contributed by atoms with van der Waals surface area (Å²) in [5.74, 6) is -3.30. The van der Waals surface area contributed by atoms with E-state index in [1.54, 1.807) is 0 Å². The van der Waals surface area contributed by atoms with Gasteiger partial charge in [-0.1, -0.05) is 5.11 Å². The van der Waals surface area contributed by atoms with Crippen molar-refractivity contribution in [1.29, 1.82) is 0 Å². The number of esters is 3. The van der Waals surface area contributed by atoms with Crippen LogP contribution in [0.5, 0.6) is 0 Å². The second-order valence-electron chi connectivity index (χ2n) is 15.0. The van der Waals surface area contributed by atoms with Crippen molar-refractivity contribution >= 4 is 41.4 Å². The summed E-state index contributed by atoms with van der Waals surface area (Å²) < 4.78 is 51.3. The van der Waals surface area contributed by atoms with Crippen LogP contribution in [-0.2, 0) is 47.6 Å². The van der Waals surface area contributed by atoms with Gasteiger partial charge in [-0.2, -0.15) is 4.98 Å². The predicted octanol–water partition coefficient (Wildman–Crippen LogP) is -0.602. The Morgan fingerprint density at radius 3 is 2.15 bits per heavy atom. The first-order chi connectivity index (χ1) is 31.0. The van der Waals surface area contributed by atoms with Crippen molar-refractivity contribution in [1.82, 2.24) is 34.0 Å². The highest BCUT2D eigenvalue weighted by atomic mass is 32.2. The van der Waals surface area contributed by atoms with Gasteiger partial charge in [0.25, 0.3) is 11.1 Å². The van der Waals surface area contributed by atoms with Crippen LogP contribution in [0.1, 0.15) is 68.3 Å². The molecule has 3 saturated heterocycles. The summed E-state index contributed by atoms with van der Waals surface area (Å²) in [5, 5.41) is 6.11. The highest BCUT2D eigenvalue weighted by Gasteiger charge is 2.39. The van der Waals surface area contributed by atoms with E-state index < -0.39 is 139 Å². The van der Waals surface area contributed by atoms with Crippen LogP contribution in [0.25, 0.3) is 10.4 Å². The van der Waals surface area contributed by atoms with E-state index in [2.05, 4.69) is 30.3 Å². The van der Waals surface area contributed by atoms with Crippen LogP contribution in [0.15, 0.2) is 53.7 Å². The van der Waals surface area contributed by atoms with E-state index in [4.69, 9.17) is 39.7 Å². The SMILES string of the molecule is Cc1cn([C@H]2C[C@H](N=[N+]=[N-])[C@@H](COC(=O)CC[C@H](NC(=O)CCC(=O)OC[C@H]3O[C@@H](n4cc(C)c(=O)[nH]c4=O)C[C@@H]3F)C(=O)OC[C@@H]3O[C@H](n4ccc(N)nc4=O)CS3)O2)c(=O)[nH]c1=O. The highest BCUT2D eigenvalue weighted by Crippen LogP contribution is 2.33. The molecule has 0 aliphatic carbocycles. The molecule has 5 N–H and O–H groups in total. The summed E-state index contributed by atoms with van der Waals surface area (Å²) in [6.07, 6.45) is -4.91. The Morgan fingerprint density at radius 2 is 1.51 bits per heavy atom. The monoisotopic (exact) mass is 933 g/mol. The van der Waals surface area contributed by atoms with E-state index in [-0.39, 0.29) is 48.6 Å². The van der Waals surface area contributed by atoms with Crippen molar-refractivity contribution in [3.8, 4) is 0 Å². The number of carbonyl (C=O) groups excluding carboxylic acids is 4. The Hall–Kier alpha value is -6.61. The Bertz CT molecular complexity index is 2630. The maximum atomic E-state index is 14.8. The van der Waals surface area contributed by atoms with Gasteiger partial charge in [0.1, 0.15) is 74.2 Å². The Balaban J connectivity index is 1.02. The minimum Gasteiger partial charge on any atom is -0.463 e. The summed E-state index contributed by atoms with van der Waals surface area (Å²) in [6, 6.07) is -0.933. The fraction of sp³-hybridized carbons (Fsp3) is 0.568. The minimum absolute atomic E-state index is 0.00807. The van der Waals surface area contributed by atoms with Crippen molar-refractivity contribution in [3.63, 3.8) is 0 Å². The number of amides is 1. The van der Waals surface area contributed by atoms with Crippen LogP contribution in [0, 0.1) is 13.8 Å². The number of thioether (sulfide) groups is 1. The molecule has 350 valence electrons. The smallest absolute Gasteiger partial charge is 0.351 e.